The van der Waals surface area contributed by atoms with E-state index >= 15 is 0 Å². The zero-order valence-electron chi connectivity index (χ0n) is 16.0. The number of hydrogen-bond acceptors (Lipinski definition) is 5. The van der Waals surface area contributed by atoms with Crippen LogP contribution in [-0.4, -0.2) is 23.9 Å². The van der Waals surface area contributed by atoms with Crippen LogP contribution in [0.15, 0.2) is 79.1 Å². The number of nitrogens with zero attached hydrogens (tertiary/aromatic N) is 2. The smallest absolute Gasteiger partial charge is 0.255 e. The Hall–Kier alpha value is -3.55. The summed E-state index contributed by atoms with van der Waals surface area (Å²) in [6.45, 7) is 0. The number of para-hydroxylation sites is 1. The van der Waals surface area contributed by atoms with Crippen molar-refractivity contribution in [3.8, 4) is 0 Å². The summed E-state index contributed by atoms with van der Waals surface area (Å²) in [5.74, 6) is -0.493. The molecule has 1 atom stereocenters. The summed E-state index contributed by atoms with van der Waals surface area (Å²) in [5, 5.41) is 4.01. The lowest BCUT2D eigenvalue weighted by molar-refractivity contribution is -0.125. The Morgan fingerprint density at radius 3 is 2.31 bits per heavy atom. The Morgan fingerprint density at radius 1 is 1.03 bits per heavy atom. The minimum Gasteiger partial charge on any atom is -0.324 e. The molecule has 7 heteroatoms. The third kappa shape index (κ3) is 5.25. The van der Waals surface area contributed by atoms with Crippen molar-refractivity contribution in [2.45, 2.75) is 12.5 Å². The van der Waals surface area contributed by atoms with Gasteiger partial charge in [-0.2, -0.15) is 5.06 Å². The molecule has 0 saturated carbocycles. The van der Waals surface area contributed by atoms with E-state index in [1.54, 1.807) is 60.9 Å². The number of amides is 2. The first-order valence-electron chi connectivity index (χ1n) is 9.07. The summed E-state index contributed by atoms with van der Waals surface area (Å²) in [6, 6.07) is 18.8. The Labute approximate surface area is 169 Å². The van der Waals surface area contributed by atoms with Crippen LogP contribution in [0, 0.1) is 0 Å². The number of nitrogens with two attached hydrogens (primary N) is 1. The van der Waals surface area contributed by atoms with Crippen LogP contribution in [0.4, 0.5) is 11.4 Å². The van der Waals surface area contributed by atoms with Crippen LogP contribution in [0.5, 0.6) is 0 Å². The first kappa shape index (κ1) is 20.2. The number of hydroxylamine groups is 1. The Kier molecular flexibility index (Phi) is 6.67. The van der Waals surface area contributed by atoms with Gasteiger partial charge in [-0.15, -0.1) is 0 Å². The van der Waals surface area contributed by atoms with Gasteiger partial charge in [-0.25, -0.2) is 0 Å². The molecule has 7 nitrogen and oxygen atoms in total. The molecule has 0 radical (unpaired) electrons. The van der Waals surface area contributed by atoms with Gasteiger partial charge in [0.15, 0.2) is 0 Å². The first-order valence-corrected chi connectivity index (χ1v) is 9.07. The van der Waals surface area contributed by atoms with Crippen molar-refractivity contribution in [3.63, 3.8) is 0 Å². The third-order valence-electron chi connectivity index (χ3n) is 4.33. The van der Waals surface area contributed by atoms with E-state index in [2.05, 4.69) is 10.3 Å². The first-order chi connectivity index (χ1) is 14.1. The molecule has 0 aliphatic carbocycles. The quantitative estimate of drug-likeness (QED) is 0.603. The summed E-state index contributed by atoms with van der Waals surface area (Å²) < 4.78 is 0. The van der Waals surface area contributed by atoms with E-state index in [0.717, 1.165) is 5.56 Å². The largest absolute Gasteiger partial charge is 0.324 e. The Morgan fingerprint density at radius 2 is 1.69 bits per heavy atom. The maximum atomic E-state index is 12.6. The Bertz CT molecular complexity index is 947. The standard InChI is InChI=1S/C22H22N4O3/c1-29-26(19-5-3-2-4-6-19)21(27)15-20(23)16-7-9-17(10-8-16)22(28)25-18-11-13-24-14-12-18/h2-14,20H,15,23H2,1H3,(H,24,25,28). The SMILES string of the molecule is CON(C(=O)CC(N)c1ccc(C(=O)Nc2ccncc2)cc1)c1ccccc1. The molecule has 0 fully saturated rings. The fourth-order valence-corrected chi connectivity index (χ4v) is 2.82. The van der Waals surface area contributed by atoms with E-state index in [0.29, 0.717) is 16.9 Å². The minimum atomic E-state index is -0.527. The van der Waals surface area contributed by atoms with Crippen molar-refractivity contribution in [2.24, 2.45) is 5.73 Å². The zero-order chi connectivity index (χ0) is 20.6. The van der Waals surface area contributed by atoms with Gasteiger partial charge in [0.25, 0.3) is 11.8 Å². The average Bonchev–Trinajstić information content (AvgIpc) is 2.76. The van der Waals surface area contributed by atoms with E-state index in [9.17, 15) is 9.59 Å². The number of benzene rings is 2. The highest BCUT2D eigenvalue weighted by atomic mass is 16.7. The molecular formula is C22H22N4O3. The molecule has 0 saturated heterocycles. The summed E-state index contributed by atoms with van der Waals surface area (Å²) in [5.41, 5.74) is 8.75. The number of pyridine rings is 1. The van der Waals surface area contributed by atoms with E-state index in [1.807, 2.05) is 18.2 Å². The van der Waals surface area contributed by atoms with Crippen LogP contribution in [0.25, 0.3) is 0 Å². The molecule has 148 valence electrons. The molecule has 2 amide bonds. The van der Waals surface area contributed by atoms with Crippen LogP contribution in [-0.2, 0) is 9.63 Å². The van der Waals surface area contributed by atoms with Gasteiger partial charge in [-0.05, 0) is 42.0 Å². The maximum absolute atomic E-state index is 12.6. The fourth-order valence-electron chi connectivity index (χ4n) is 2.82. The van der Waals surface area contributed by atoms with Crippen molar-refractivity contribution in [1.82, 2.24) is 4.98 Å². The average molecular weight is 390 g/mol. The van der Waals surface area contributed by atoms with Gasteiger partial charge in [-0.1, -0.05) is 30.3 Å². The lowest BCUT2D eigenvalue weighted by Gasteiger charge is -2.21. The maximum Gasteiger partial charge on any atom is 0.255 e. The summed E-state index contributed by atoms with van der Waals surface area (Å²) >= 11 is 0. The highest BCUT2D eigenvalue weighted by Crippen LogP contribution is 2.20. The molecule has 1 unspecified atom stereocenters. The summed E-state index contributed by atoms with van der Waals surface area (Å²) in [6.07, 6.45) is 3.27. The second kappa shape index (κ2) is 9.59. The van der Waals surface area contributed by atoms with Crippen molar-refractivity contribution in [3.05, 3.63) is 90.3 Å². The van der Waals surface area contributed by atoms with Crippen molar-refractivity contribution >= 4 is 23.2 Å². The number of carbonyl (C=O) groups excluding carboxylic acids is 2. The van der Waals surface area contributed by atoms with Gasteiger partial charge < -0.3 is 11.1 Å². The lowest BCUT2D eigenvalue weighted by atomic mass is 10.0. The molecule has 0 aliphatic rings. The molecule has 0 spiro atoms. The van der Waals surface area contributed by atoms with E-state index in [-0.39, 0.29) is 18.2 Å². The molecular weight excluding hydrogens is 368 g/mol. The normalized spacial score (nSPS) is 11.5. The van der Waals surface area contributed by atoms with Gasteiger partial charge in [0.2, 0.25) is 0 Å². The molecule has 2 aromatic carbocycles. The predicted octanol–water partition coefficient (Wildman–Crippen LogP) is 3.32. The molecule has 0 aliphatic heterocycles. The molecule has 0 bridgehead atoms. The number of carbonyl (C=O) groups is 2. The minimum absolute atomic E-state index is 0.0608. The monoisotopic (exact) mass is 390 g/mol. The molecule has 29 heavy (non-hydrogen) atoms. The summed E-state index contributed by atoms with van der Waals surface area (Å²) in [7, 11) is 1.44. The topological polar surface area (TPSA) is 97.5 Å². The number of hydrogen-bond donors (Lipinski definition) is 2. The third-order valence-corrected chi connectivity index (χ3v) is 4.33. The molecule has 3 N–H and O–H groups in total. The zero-order valence-corrected chi connectivity index (χ0v) is 16.0. The second-order valence-corrected chi connectivity index (χ2v) is 6.33. The van der Waals surface area contributed by atoms with Gasteiger partial charge in [0.1, 0.15) is 0 Å². The van der Waals surface area contributed by atoms with Crippen LogP contribution in [0.2, 0.25) is 0 Å². The highest BCUT2D eigenvalue weighted by molar-refractivity contribution is 6.04. The molecule has 3 aromatic rings. The number of nitrogens with one attached hydrogen (secondary N) is 1. The van der Waals surface area contributed by atoms with Gasteiger partial charge >= 0.3 is 0 Å². The molecule has 3 rings (SSSR count). The van der Waals surface area contributed by atoms with Crippen LogP contribution >= 0.6 is 0 Å². The van der Waals surface area contributed by atoms with Crippen LogP contribution in [0.3, 0.4) is 0 Å². The van der Waals surface area contributed by atoms with Gasteiger partial charge in [0.05, 0.1) is 12.8 Å². The number of rotatable bonds is 7. The van der Waals surface area contributed by atoms with Gasteiger partial charge in [0, 0.05) is 36.1 Å². The molecule has 1 aromatic heterocycles. The number of anilines is 2. The van der Waals surface area contributed by atoms with E-state index < -0.39 is 6.04 Å². The highest BCUT2D eigenvalue weighted by Gasteiger charge is 2.20. The predicted molar refractivity (Wildman–Crippen MR) is 111 cm³/mol. The van der Waals surface area contributed by atoms with Crippen LogP contribution < -0.4 is 16.1 Å². The molecule has 1 heterocycles. The summed E-state index contributed by atoms with van der Waals surface area (Å²) in [4.78, 5) is 34.0. The van der Waals surface area contributed by atoms with E-state index in [4.69, 9.17) is 10.6 Å². The van der Waals surface area contributed by atoms with E-state index in [1.165, 1.54) is 12.2 Å². The van der Waals surface area contributed by atoms with Crippen LogP contribution in [0.1, 0.15) is 28.4 Å². The van der Waals surface area contributed by atoms with Crippen molar-refractivity contribution in [1.29, 1.82) is 0 Å². The van der Waals surface area contributed by atoms with Crippen molar-refractivity contribution in [2.75, 3.05) is 17.5 Å². The second-order valence-electron chi connectivity index (χ2n) is 6.33. The lowest BCUT2D eigenvalue weighted by Crippen LogP contribution is -2.32. The van der Waals surface area contributed by atoms with Crippen molar-refractivity contribution < 1.29 is 14.4 Å². The van der Waals surface area contributed by atoms with Gasteiger partial charge in [-0.3, -0.25) is 19.4 Å². The number of aromatic nitrogens is 1. The Balaban J connectivity index is 1.63. The fraction of sp³-hybridized carbons (Fsp3) is 0.136.